The molecule has 1 amide bonds. The van der Waals surface area contributed by atoms with E-state index in [0.29, 0.717) is 11.8 Å². The summed E-state index contributed by atoms with van der Waals surface area (Å²) in [5.74, 6) is 1.20. The minimum Gasteiger partial charge on any atom is -0.504 e. The predicted molar refractivity (Wildman–Crippen MR) is 83.3 cm³/mol. The van der Waals surface area contributed by atoms with Crippen LogP contribution in [0.15, 0.2) is 24.3 Å². The van der Waals surface area contributed by atoms with Crippen LogP contribution in [-0.2, 0) is 4.79 Å². The van der Waals surface area contributed by atoms with Crippen LogP contribution in [0.2, 0.25) is 0 Å². The van der Waals surface area contributed by atoms with Gasteiger partial charge >= 0.3 is 0 Å². The van der Waals surface area contributed by atoms with Crippen molar-refractivity contribution in [2.24, 2.45) is 5.92 Å². The van der Waals surface area contributed by atoms with E-state index in [1.54, 1.807) is 24.3 Å². The molecule has 0 saturated heterocycles. The molecule has 0 aromatic heterocycles. The molecule has 1 fully saturated rings. The normalized spacial score (nSPS) is 22.2. The zero-order valence-electron chi connectivity index (χ0n) is 12.6. The summed E-state index contributed by atoms with van der Waals surface area (Å²) in [6.07, 6.45) is 7.75. The summed E-state index contributed by atoms with van der Waals surface area (Å²) >= 11 is 0. The van der Waals surface area contributed by atoms with Crippen LogP contribution < -0.4 is 10.1 Å². The van der Waals surface area contributed by atoms with Gasteiger partial charge in [0.1, 0.15) is 0 Å². The van der Waals surface area contributed by atoms with Crippen LogP contribution in [0.3, 0.4) is 0 Å². The summed E-state index contributed by atoms with van der Waals surface area (Å²) in [5.41, 5.74) is 0.817. The number of hydrogen-bond donors (Lipinski definition) is 2. The number of carbonyl (C=O) groups is 1. The van der Waals surface area contributed by atoms with Crippen molar-refractivity contribution in [2.75, 3.05) is 7.11 Å². The lowest BCUT2D eigenvalue weighted by atomic mass is 9.87. The van der Waals surface area contributed by atoms with E-state index in [1.165, 1.54) is 26.0 Å². The Morgan fingerprint density at radius 2 is 2.05 bits per heavy atom. The number of benzene rings is 1. The van der Waals surface area contributed by atoms with Gasteiger partial charge in [-0.3, -0.25) is 4.79 Å². The van der Waals surface area contributed by atoms with Crippen molar-refractivity contribution < 1.29 is 14.6 Å². The van der Waals surface area contributed by atoms with E-state index >= 15 is 0 Å². The largest absolute Gasteiger partial charge is 0.504 e. The van der Waals surface area contributed by atoms with Crippen molar-refractivity contribution in [1.82, 2.24) is 5.32 Å². The fourth-order valence-electron chi connectivity index (χ4n) is 2.62. The van der Waals surface area contributed by atoms with E-state index in [9.17, 15) is 9.90 Å². The Morgan fingerprint density at radius 1 is 1.33 bits per heavy atom. The van der Waals surface area contributed by atoms with Crippen molar-refractivity contribution >= 4 is 12.0 Å². The Bertz CT molecular complexity index is 517. The summed E-state index contributed by atoms with van der Waals surface area (Å²) < 4.78 is 5.04. The van der Waals surface area contributed by atoms with Gasteiger partial charge in [-0.05, 0) is 55.4 Å². The molecule has 21 heavy (non-hydrogen) atoms. The van der Waals surface area contributed by atoms with E-state index in [2.05, 4.69) is 12.2 Å². The summed E-state index contributed by atoms with van der Waals surface area (Å²) in [4.78, 5) is 11.9. The molecule has 0 aliphatic heterocycles. The maximum Gasteiger partial charge on any atom is 0.244 e. The van der Waals surface area contributed by atoms with Crippen LogP contribution in [0.4, 0.5) is 0 Å². The highest BCUT2D eigenvalue weighted by Gasteiger charge is 2.18. The molecule has 0 bridgehead atoms. The van der Waals surface area contributed by atoms with Crippen LogP contribution >= 0.6 is 0 Å². The Balaban J connectivity index is 1.90. The number of amides is 1. The SMILES string of the molecule is COc1cc(/C=C/C(=O)N[C@H]2CC[C@H](C)CC2)ccc1O. The van der Waals surface area contributed by atoms with Crippen molar-refractivity contribution in [3.63, 3.8) is 0 Å². The quantitative estimate of drug-likeness (QED) is 0.837. The highest BCUT2D eigenvalue weighted by Crippen LogP contribution is 2.27. The molecule has 1 aromatic rings. The van der Waals surface area contributed by atoms with Gasteiger partial charge in [-0.15, -0.1) is 0 Å². The summed E-state index contributed by atoms with van der Waals surface area (Å²) in [6.45, 7) is 2.26. The van der Waals surface area contributed by atoms with E-state index < -0.39 is 0 Å². The maximum atomic E-state index is 11.9. The highest BCUT2D eigenvalue weighted by molar-refractivity contribution is 5.92. The molecule has 4 heteroatoms. The molecule has 0 heterocycles. The van der Waals surface area contributed by atoms with Crippen molar-refractivity contribution in [3.8, 4) is 11.5 Å². The standard InChI is InChI=1S/C17H23NO3/c1-12-3-7-14(8-4-12)18-17(20)10-6-13-5-9-15(19)16(11-13)21-2/h5-6,9-12,14,19H,3-4,7-8H2,1-2H3,(H,18,20)/b10-6+/t12-,14-. The molecule has 1 aromatic carbocycles. The molecular formula is C17H23NO3. The molecule has 2 rings (SSSR count). The van der Waals surface area contributed by atoms with Crippen LogP contribution in [0.25, 0.3) is 6.08 Å². The molecule has 1 aliphatic carbocycles. The molecule has 1 saturated carbocycles. The zero-order valence-corrected chi connectivity index (χ0v) is 12.6. The first-order chi connectivity index (χ1) is 10.1. The van der Waals surface area contributed by atoms with Gasteiger partial charge in [-0.2, -0.15) is 0 Å². The van der Waals surface area contributed by atoms with Crippen LogP contribution in [0.1, 0.15) is 38.2 Å². The molecule has 1 aliphatic rings. The molecule has 0 radical (unpaired) electrons. The van der Waals surface area contributed by atoms with Gasteiger partial charge in [-0.25, -0.2) is 0 Å². The van der Waals surface area contributed by atoms with Crippen LogP contribution in [0.5, 0.6) is 11.5 Å². The van der Waals surface area contributed by atoms with E-state index in [4.69, 9.17) is 4.74 Å². The second-order valence-electron chi connectivity index (χ2n) is 5.73. The molecule has 0 atom stereocenters. The average Bonchev–Trinajstić information content (AvgIpc) is 2.49. The number of nitrogens with one attached hydrogen (secondary N) is 1. The lowest BCUT2D eigenvalue weighted by Crippen LogP contribution is -2.36. The van der Waals surface area contributed by atoms with E-state index in [0.717, 1.165) is 24.3 Å². The Hall–Kier alpha value is -1.97. The topological polar surface area (TPSA) is 58.6 Å². The number of methoxy groups -OCH3 is 1. The van der Waals surface area contributed by atoms with E-state index in [-0.39, 0.29) is 11.7 Å². The van der Waals surface area contributed by atoms with Gasteiger partial charge < -0.3 is 15.2 Å². The van der Waals surface area contributed by atoms with Gasteiger partial charge in [-0.1, -0.05) is 13.0 Å². The molecule has 0 spiro atoms. The second kappa shape index (κ2) is 7.16. The molecule has 114 valence electrons. The van der Waals surface area contributed by atoms with E-state index in [1.807, 2.05) is 0 Å². The Labute approximate surface area is 125 Å². The number of rotatable bonds is 4. The first-order valence-electron chi connectivity index (χ1n) is 7.44. The Kier molecular flexibility index (Phi) is 5.26. The smallest absolute Gasteiger partial charge is 0.244 e. The average molecular weight is 289 g/mol. The van der Waals surface area contributed by atoms with Crippen molar-refractivity contribution in [1.29, 1.82) is 0 Å². The minimum absolute atomic E-state index is 0.0680. The lowest BCUT2D eigenvalue weighted by Gasteiger charge is -2.26. The van der Waals surface area contributed by atoms with Crippen molar-refractivity contribution in [2.45, 2.75) is 38.6 Å². The zero-order chi connectivity index (χ0) is 15.2. The summed E-state index contributed by atoms with van der Waals surface area (Å²) in [6, 6.07) is 5.29. The highest BCUT2D eigenvalue weighted by atomic mass is 16.5. The van der Waals surface area contributed by atoms with Crippen LogP contribution in [0, 0.1) is 5.92 Å². The number of aromatic hydroxyl groups is 1. The Morgan fingerprint density at radius 3 is 2.71 bits per heavy atom. The summed E-state index contributed by atoms with van der Waals surface area (Å²) in [5, 5.41) is 12.6. The predicted octanol–water partition coefficient (Wildman–Crippen LogP) is 3.11. The first-order valence-corrected chi connectivity index (χ1v) is 7.44. The molecular weight excluding hydrogens is 266 g/mol. The molecule has 0 unspecified atom stereocenters. The molecule has 4 nitrogen and oxygen atoms in total. The third-order valence-electron chi connectivity index (χ3n) is 3.99. The van der Waals surface area contributed by atoms with Gasteiger partial charge in [0.15, 0.2) is 11.5 Å². The fraction of sp³-hybridized carbons (Fsp3) is 0.471. The number of phenols is 1. The van der Waals surface area contributed by atoms with Crippen LogP contribution in [-0.4, -0.2) is 24.2 Å². The van der Waals surface area contributed by atoms with Crippen molar-refractivity contribution in [3.05, 3.63) is 29.8 Å². The number of carbonyl (C=O) groups excluding carboxylic acids is 1. The third kappa shape index (κ3) is 4.52. The number of hydrogen-bond acceptors (Lipinski definition) is 3. The molecule has 2 N–H and O–H groups in total. The third-order valence-corrected chi connectivity index (χ3v) is 3.99. The van der Waals surface area contributed by atoms with Gasteiger partial charge in [0.25, 0.3) is 0 Å². The van der Waals surface area contributed by atoms with Gasteiger partial charge in [0.05, 0.1) is 7.11 Å². The monoisotopic (exact) mass is 289 g/mol. The maximum absolute atomic E-state index is 11.9. The fourth-order valence-corrected chi connectivity index (χ4v) is 2.62. The summed E-state index contributed by atoms with van der Waals surface area (Å²) in [7, 11) is 1.50. The van der Waals surface area contributed by atoms with Gasteiger partial charge in [0, 0.05) is 12.1 Å². The number of phenolic OH excluding ortho intramolecular Hbond substituents is 1. The second-order valence-corrected chi connectivity index (χ2v) is 5.73. The minimum atomic E-state index is -0.0680. The first kappa shape index (κ1) is 15.4. The lowest BCUT2D eigenvalue weighted by molar-refractivity contribution is -0.117. The van der Waals surface area contributed by atoms with Gasteiger partial charge in [0.2, 0.25) is 5.91 Å². The number of ether oxygens (including phenoxy) is 1.